The van der Waals surface area contributed by atoms with Crippen LogP contribution in [-0.4, -0.2) is 52.8 Å². The number of hydrogen-bond acceptors (Lipinski definition) is 5. The van der Waals surface area contributed by atoms with E-state index in [1.165, 1.54) is 12.1 Å². The quantitative estimate of drug-likeness (QED) is 0.637. The van der Waals surface area contributed by atoms with Crippen LogP contribution in [0.1, 0.15) is 6.42 Å². The third-order valence-electron chi connectivity index (χ3n) is 4.15. The van der Waals surface area contributed by atoms with E-state index in [1.807, 2.05) is 12.4 Å². The van der Waals surface area contributed by atoms with E-state index in [0.717, 1.165) is 30.9 Å². The van der Waals surface area contributed by atoms with Crippen molar-refractivity contribution in [2.75, 3.05) is 32.1 Å². The first-order valence-corrected chi connectivity index (χ1v) is 7.25. The number of nitro groups is 1. The smallest absolute Gasteiger partial charge is 0.269 e. The highest BCUT2D eigenvalue weighted by molar-refractivity contribution is 5.47. The average molecular weight is 301 g/mol. The average Bonchev–Trinajstić information content (AvgIpc) is 3.16. The lowest BCUT2D eigenvalue weighted by molar-refractivity contribution is -0.384. The van der Waals surface area contributed by atoms with E-state index in [0.29, 0.717) is 6.04 Å². The Hall–Kier alpha value is -2.41. The molecule has 1 saturated heterocycles. The van der Waals surface area contributed by atoms with Gasteiger partial charge < -0.3 is 9.80 Å². The van der Waals surface area contributed by atoms with Gasteiger partial charge in [0, 0.05) is 31.3 Å². The molecule has 2 aromatic rings. The van der Waals surface area contributed by atoms with E-state index >= 15 is 0 Å². The molecule has 0 saturated carbocycles. The Kier molecular flexibility index (Phi) is 3.81. The topological polar surface area (TPSA) is 67.4 Å². The maximum absolute atomic E-state index is 10.7. The number of likely N-dealkylation sites (N-methyl/N-ethyl adjacent to an activating group) is 1. The summed E-state index contributed by atoms with van der Waals surface area (Å²) in [5, 5.41) is 15.1. The van der Waals surface area contributed by atoms with E-state index < -0.39 is 4.92 Å². The van der Waals surface area contributed by atoms with Gasteiger partial charge in [0.2, 0.25) is 0 Å². The minimum Gasteiger partial charge on any atom is -0.367 e. The number of hydrogen-bond donors (Lipinski definition) is 0. The number of nitro benzene ring substituents is 1. The molecule has 1 atom stereocenters. The molecule has 1 aliphatic rings. The number of nitrogens with zero attached hydrogens (tertiary/aromatic N) is 5. The minimum atomic E-state index is -0.399. The predicted octanol–water partition coefficient (Wildman–Crippen LogP) is 1.92. The minimum absolute atomic E-state index is 0.0875. The molecule has 0 N–H and O–H groups in total. The van der Waals surface area contributed by atoms with Gasteiger partial charge in [0.25, 0.3) is 5.69 Å². The van der Waals surface area contributed by atoms with Gasteiger partial charge >= 0.3 is 0 Å². The SMILES string of the molecule is CN(C)[C@H]1CCN(c2cnn(-c3ccc([N+](=O)[O-])cc3)c2)C1. The zero-order valence-corrected chi connectivity index (χ0v) is 12.7. The predicted molar refractivity (Wildman–Crippen MR) is 84.5 cm³/mol. The summed E-state index contributed by atoms with van der Waals surface area (Å²) in [5.74, 6) is 0. The van der Waals surface area contributed by atoms with E-state index in [-0.39, 0.29) is 5.69 Å². The second-order valence-corrected chi connectivity index (χ2v) is 5.77. The Morgan fingerprint density at radius 3 is 2.59 bits per heavy atom. The molecule has 0 unspecified atom stereocenters. The van der Waals surface area contributed by atoms with Crippen molar-refractivity contribution in [1.82, 2.24) is 14.7 Å². The van der Waals surface area contributed by atoms with Crippen LogP contribution in [0.25, 0.3) is 5.69 Å². The third kappa shape index (κ3) is 2.80. The monoisotopic (exact) mass is 301 g/mol. The Morgan fingerprint density at radius 1 is 1.27 bits per heavy atom. The second-order valence-electron chi connectivity index (χ2n) is 5.77. The van der Waals surface area contributed by atoms with Gasteiger partial charge in [-0.1, -0.05) is 0 Å². The molecule has 7 nitrogen and oxygen atoms in total. The molecule has 22 heavy (non-hydrogen) atoms. The van der Waals surface area contributed by atoms with Crippen LogP contribution >= 0.6 is 0 Å². The molecule has 0 aliphatic carbocycles. The Morgan fingerprint density at radius 2 is 2.00 bits per heavy atom. The van der Waals surface area contributed by atoms with Gasteiger partial charge in [-0.15, -0.1) is 0 Å². The summed E-state index contributed by atoms with van der Waals surface area (Å²) in [6.45, 7) is 2.02. The van der Waals surface area contributed by atoms with Crippen molar-refractivity contribution in [2.24, 2.45) is 0 Å². The van der Waals surface area contributed by atoms with Crippen LogP contribution in [0.5, 0.6) is 0 Å². The molecule has 0 bridgehead atoms. The fourth-order valence-electron chi connectivity index (χ4n) is 2.74. The summed E-state index contributed by atoms with van der Waals surface area (Å²) < 4.78 is 1.75. The van der Waals surface area contributed by atoms with Gasteiger partial charge in [-0.3, -0.25) is 10.1 Å². The number of anilines is 1. The van der Waals surface area contributed by atoms with Crippen LogP contribution in [0.2, 0.25) is 0 Å². The van der Waals surface area contributed by atoms with Crippen LogP contribution < -0.4 is 4.90 Å². The molecule has 2 heterocycles. The number of benzene rings is 1. The number of rotatable bonds is 4. The van der Waals surface area contributed by atoms with Gasteiger partial charge in [0.05, 0.1) is 28.7 Å². The van der Waals surface area contributed by atoms with Gasteiger partial charge in [-0.05, 0) is 32.6 Å². The zero-order valence-electron chi connectivity index (χ0n) is 12.7. The van der Waals surface area contributed by atoms with Crippen LogP contribution in [-0.2, 0) is 0 Å². The summed E-state index contributed by atoms with van der Waals surface area (Å²) in [4.78, 5) is 14.9. The normalized spacial score (nSPS) is 18.1. The highest BCUT2D eigenvalue weighted by atomic mass is 16.6. The van der Waals surface area contributed by atoms with Crippen molar-refractivity contribution >= 4 is 11.4 Å². The summed E-state index contributed by atoms with van der Waals surface area (Å²) in [7, 11) is 4.21. The first-order valence-electron chi connectivity index (χ1n) is 7.25. The molecule has 116 valence electrons. The maximum Gasteiger partial charge on any atom is 0.269 e. The van der Waals surface area contributed by atoms with Crippen LogP contribution in [0.15, 0.2) is 36.7 Å². The Balaban J connectivity index is 1.75. The lowest BCUT2D eigenvalue weighted by Gasteiger charge is -2.20. The maximum atomic E-state index is 10.7. The number of aromatic nitrogens is 2. The molecule has 7 heteroatoms. The van der Waals surface area contributed by atoms with Gasteiger partial charge in [-0.2, -0.15) is 5.10 Å². The molecule has 0 amide bonds. The van der Waals surface area contributed by atoms with Crippen molar-refractivity contribution in [1.29, 1.82) is 0 Å². The van der Waals surface area contributed by atoms with Gasteiger partial charge in [0.15, 0.2) is 0 Å². The molecule has 1 aliphatic heterocycles. The van der Waals surface area contributed by atoms with Gasteiger partial charge in [-0.25, -0.2) is 4.68 Å². The number of non-ortho nitro benzene ring substituents is 1. The molecular formula is C15H19N5O2. The first kappa shape index (κ1) is 14.5. The summed E-state index contributed by atoms with van der Waals surface area (Å²) >= 11 is 0. The Labute approximate surface area is 128 Å². The van der Waals surface area contributed by atoms with Crippen LogP contribution in [0, 0.1) is 10.1 Å². The van der Waals surface area contributed by atoms with Crippen molar-refractivity contribution in [3.05, 3.63) is 46.8 Å². The molecule has 3 rings (SSSR count). The lowest BCUT2D eigenvalue weighted by atomic mass is 10.2. The van der Waals surface area contributed by atoms with E-state index in [4.69, 9.17) is 0 Å². The van der Waals surface area contributed by atoms with Crippen molar-refractivity contribution in [3.63, 3.8) is 0 Å². The zero-order chi connectivity index (χ0) is 15.7. The highest BCUT2D eigenvalue weighted by Crippen LogP contribution is 2.23. The second kappa shape index (κ2) is 5.76. The molecule has 1 aromatic heterocycles. The van der Waals surface area contributed by atoms with Crippen molar-refractivity contribution in [3.8, 4) is 5.69 Å². The first-order chi connectivity index (χ1) is 10.5. The van der Waals surface area contributed by atoms with Gasteiger partial charge in [0.1, 0.15) is 0 Å². The molecule has 0 spiro atoms. The van der Waals surface area contributed by atoms with E-state index in [9.17, 15) is 10.1 Å². The van der Waals surface area contributed by atoms with E-state index in [1.54, 1.807) is 16.8 Å². The third-order valence-corrected chi connectivity index (χ3v) is 4.15. The Bertz CT molecular complexity index is 665. The molecule has 1 fully saturated rings. The largest absolute Gasteiger partial charge is 0.367 e. The fourth-order valence-corrected chi connectivity index (χ4v) is 2.74. The lowest BCUT2D eigenvalue weighted by Crippen LogP contribution is -2.31. The summed E-state index contributed by atoms with van der Waals surface area (Å²) in [6.07, 6.45) is 4.97. The van der Waals surface area contributed by atoms with Crippen molar-refractivity contribution in [2.45, 2.75) is 12.5 Å². The summed E-state index contributed by atoms with van der Waals surface area (Å²) in [6, 6.07) is 6.98. The summed E-state index contributed by atoms with van der Waals surface area (Å²) in [5.41, 5.74) is 1.99. The standard InChI is InChI=1S/C15H19N5O2/c1-17(2)14-7-8-18(10-14)15-9-16-19(11-15)12-3-5-13(6-4-12)20(21)22/h3-6,9,11,14H,7-8,10H2,1-2H3/t14-/m0/s1. The van der Waals surface area contributed by atoms with Crippen LogP contribution in [0.3, 0.4) is 0 Å². The molecule has 0 radical (unpaired) electrons. The highest BCUT2D eigenvalue weighted by Gasteiger charge is 2.24. The molecular weight excluding hydrogens is 282 g/mol. The fraction of sp³-hybridized carbons (Fsp3) is 0.400. The van der Waals surface area contributed by atoms with Crippen molar-refractivity contribution < 1.29 is 4.92 Å². The molecule has 1 aromatic carbocycles. The van der Waals surface area contributed by atoms with Crippen LogP contribution in [0.4, 0.5) is 11.4 Å². The van der Waals surface area contributed by atoms with E-state index in [2.05, 4.69) is 29.0 Å².